The third-order valence-corrected chi connectivity index (χ3v) is 4.64. The molecule has 114 valence electrons. The van der Waals surface area contributed by atoms with Crippen LogP contribution in [-0.2, 0) is 17.8 Å². The molecule has 0 aliphatic heterocycles. The summed E-state index contributed by atoms with van der Waals surface area (Å²) in [5, 5.41) is 0. The average molecular weight is 293 g/mol. The van der Waals surface area contributed by atoms with Crippen molar-refractivity contribution in [3.63, 3.8) is 0 Å². The zero-order valence-corrected chi connectivity index (χ0v) is 13.4. The highest BCUT2D eigenvalue weighted by Gasteiger charge is 2.25. The maximum absolute atomic E-state index is 12.5. The molecule has 3 rings (SSSR count). The monoisotopic (exact) mass is 293 g/mol. The van der Waals surface area contributed by atoms with E-state index in [1.165, 1.54) is 22.3 Å². The van der Waals surface area contributed by atoms with Gasteiger partial charge in [0, 0.05) is 20.0 Å². The van der Waals surface area contributed by atoms with Crippen LogP contribution >= 0.6 is 0 Å². The maximum Gasteiger partial charge on any atom is 0.223 e. The second-order valence-electron chi connectivity index (χ2n) is 6.37. The van der Waals surface area contributed by atoms with Crippen LogP contribution in [-0.4, -0.2) is 17.9 Å². The van der Waals surface area contributed by atoms with Crippen LogP contribution in [0.5, 0.6) is 0 Å². The number of amides is 1. The Morgan fingerprint density at radius 1 is 1.14 bits per heavy atom. The second kappa shape index (κ2) is 6.35. The van der Waals surface area contributed by atoms with Gasteiger partial charge in [0.25, 0.3) is 0 Å². The summed E-state index contributed by atoms with van der Waals surface area (Å²) in [5.74, 6) is 0.631. The topological polar surface area (TPSA) is 20.3 Å². The lowest BCUT2D eigenvalue weighted by Gasteiger charge is -2.20. The average Bonchev–Trinajstić information content (AvgIpc) is 2.93. The Kier molecular flexibility index (Phi) is 4.28. The molecule has 2 nitrogen and oxygen atoms in total. The second-order valence-corrected chi connectivity index (χ2v) is 6.37. The Balaban J connectivity index is 1.61. The first-order valence-corrected chi connectivity index (χ1v) is 8.01. The summed E-state index contributed by atoms with van der Waals surface area (Å²) >= 11 is 0. The van der Waals surface area contributed by atoms with Crippen LogP contribution in [0.25, 0.3) is 0 Å². The number of hydrogen-bond acceptors (Lipinski definition) is 1. The van der Waals surface area contributed by atoms with Crippen molar-refractivity contribution in [2.75, 3.05) is 7.05 Å². The fourth-order valence-corrected chi connectivity index (χ4v) is 3.28. The van der Waals surface area contributed by atoms with Gasteiger partial charge in [-0.05, 0) is 42.4 Å². The van der Waals surface area contributed by atoms with Gasteiger partial charge < -0.3 is 4.90 Å². The van der Waals surface area contributed by atoms with E-state index in [-0.39, 0.29) is 5.91 Å². The van der Waals surface area contributed by atoms with Crippen LogP contribution < -0.4 is 0 Å². The van der Waals surface area contributed by atoms with Crippen LogP contribution in [0.4, 0.5) is 0 Å². The van der Waals surface area contributed by atoms with Gasteiger partial charge in [-0.1, -0.05) is 54.1 Å². The van der Waals surface area contributed by atoms with Crippen molar-refractivity contribution in [2.45, 2.75) is 38.6 Å². The first-order chi connectivity index (χ1) is 10.6. The Morgan fingerprint density at radius 3 is 2.64 bits per heavy atom. The van der Waals surface area contributed by atoms with Gasteiger partial charge >= 0.3 is 0 Å². The molecule has 2 aromatic carbocycles. The highest BCUT2D eigenvalue weighted by Crippen LogP contribution is 2.35. The summed E-state index contributed by atoms with van der Waals surface area (Å²) in [6, 6.07) is 16.9. The van der Waals surface area contributed by atoms with Crippen molar-refractivity contribution in [1.29, 1.82) is 0 Å². The summed E-state index contributed by atoms with van der Waals surface area (Å²) in [5.41, 5.74) is 5.23. The minimum atomic E-state index is 0.238. The van der Waals surface area contributed by atoms with Crippen LogP contribution in [0.2, 0.25) is 0 Å². The molecule has 1 aliphatic carbocycles. The summed E-state index contributed by atoms with van der Waals surface area (Å²) < 4.78 is 0. The van der Waals surface area contributed by atoms with Crippen molar-refractivity contribution in [1.82, 2.24) is 4.90 Å². The molecule has 1 aliphatic rings. The minimum absolute atomic E-state index is 0.238. The molecule has 1 atom stereocenters. The predicted octanol–water partition coefficient (Wildman–Crippen LogP) is 4.07. The quantitative estimate of drug-likeness (QED) is 0.832. The fourth-order valence-electron chi connectivity index (χ4n) is 3.28. The largest absolute Gasteiger partial charge is 0.341 e. The normalized spacial score (nSPS) is 16.4. The van der Waals surface area contributed by atoms with E-state index in [0.717, 1.165) is 12.8 Å². The van der Waals surface area contributed by atoms with E-state index in [9.17, 15) is 4.79 Å². The smallest absolute Gasteiger partial charge is 0.223 e. The van der Waals surface area contributed by atoms with Crippen molar-refractivity contribution in [3.05, 3.63) is 70.8 Å². The zero-order valence-electron chi connectivity index (χ0n) is 13.4. The molecule has 0 spiro atoms. The molecule has 0 fully saturated rings. The van der Waals surface area contributed by atoms with Crippen molar-refractivity contribution < 1.29 is 4.79 Å². The molecule has 0 saturated carbocycles. The molecule has 0 radical (unpaired) electrons. The first kappa shape index (κ1) is 14.8. The fraction of sp³-hybridized carbons (Fsp3) is 0.350. The van der Waals surface area contributed by atoms with Gasteiger partial charge in [-0.25, -0.2) is 0 Å². The van der Waals surface area contributed by atoms with Gasteiger partial charge in [0.2, 0.25) is 5.91 Å². The van der Waals surface area contributed by atoms with Gasteiger partial charge in [0.1, 0.15) is 0 Å². The predicted molar refractivity (Wildman–Crippen MR) is 89.8 cm³/mol. The number of fused-ring (bicyclic) bond motifs is 1. The number of nitrogens with zero attached hydrogens (tertiary/aromatic N) is 1. The molecule has 1 amide bonds. The van der Waals surface area contributed by atoms with E-state index in [1.54, 1.807) is 0 Å². The summed E-state index contributed by atoms with van der Waals surface area (Å²) in [6.45, 7) is 2.77. The molecule has 0 saturated heterocycles. The van der Waals surface area contributed by atoms with E-state index in [4.69, 9.17) is 0 Å². The van der Waals surface area contributed by atoms with Gasteiger partial charge in [-0.15, -0.1) is 0 Å². The van der Waals surface area contributed by atoms with E-state index >= 15 is 0 Å². The molecule has 2 aromatic rings. The number of rotatable bonds is 4. The zero-order chi connectivity index (χ0) is 15.5. The lowest BCUT2D eigenvalue weighted by molar-refractivity contribution is -0.130. The summed E-state index contributed by atoms with van der Waals surface area (Å²) in [4.78, 5) is 14.4. The molecule has 0 N–H and O–H groups in total. The van der Waals surface area contributed by atoms with Crippen LogP contribution in [0.1, 0.15) is 41.0 Å². The van der Waals surface area contributed by atoms with Crippen LogP contribution in [0.15, 0.2) is 48.5 Å². The molecular weight excluding hydrogens is 270 g/mol. The van der Waals surface area contributed by atoms with E-state index in [0.29, 0.717) is 18.9 Å². The SMILES string of the molecule is Cc1ccc(CN(C)C(=O)CC2CCc3ccccc32)cc1. The van der Waals surface area contributed by atoms with Crippen molar-refractivity contribution in [2.24, 2.45) is 0 Å². The number of hydrogen-bond donors (Lipinski definition) is 0. The Hall–Kier alpha value is -2.09. The van der Waals surface area contributed by atoms with Crippen molar-refractivity contribution in [3.8, 4) is 0 Å². The maximum atomic E-state index is 12.5. The minimum Gasteiger partial charge on any atom is -0.341 e. The molecule has 0 bridgehead atoms. The lowest BCUT2D eigenvalue weighted by Crippen LogP contribution is -2.27. The highest BCUT2D eigenvalue weighted by molar-refractivity contribution is 5.77. The van der Waals surface area contributed by atoms with Gasteiger partial charge in [0.15, 0.2) is 0 Å². The molecule has 2 heteroatoms. The van der Waals surface area contributed by atoms with E-state index in [2.05, 4.69) is 55.5 Å². The number of benzene rings is 2. The van der Waals surface area contributed by atoms with Gasteiger partial charge in [-0.2, -0.15) is 0 Å². The van der Waals surface area contributed by atoms with Crippen LogP contribution in [0, 0.1) is 6.92 Å². The third kappa shape index (κ3) is 3.22. The van der Waals surface area contributed by atoms with Gasteiger partial charge in [0.05, 0.1) is 0 Å². The number of aryl methyl sites for hydroxylation is 2. The van der Waals surface area contributed by atoms with E-state index in [1.807, 2.05) is 11.9 Å². The number of carbonyl (C=O) groups is 1. The Bertz CT molecular complexity index is 660. The Morgan fingerprint density at radius 2 is 1.86 bits per heavy atom. The van der Waals surface area contributed by atoms with Gasteiger partial charge in [-0.3, -0.25) is 4.79 Å². The summed E-state index contributed by atoms with van der Waals surface area (Å²) in [6.07, 6.45) is 2.83. The van der Waals surface area contributed by atoms with E-state index < -0.39 is 0 Å². The summed E-state index contributed by atoms with van der Waals surface area (Å²) in [7, 11) is 1.91. The standard InChI is InChI=1S/C20H23NO/c1-15-7-9-16(10-8-15)14-21(2)20(22)13-18-12-11-17-5-3-4-6-19(17)18/h3-10,18H,11-14H2,1-2H3. The molecule has 1 unspecified atom stereocenters. The van der Waals surface area contributed by atoms with Crippen LogP contribution in [0.3, 0.4) is 0 Å². The Labute approximate surface area is 132 Å². The highest BCUT2D eigenvalue weighted by atomic mass is 16.2. The molecular formula is C20H23NO. The molecule has 0 aromatic heterocycles. The molecule has 0 heterocycles. The first-order valence-electron chi connectivity index (χ1n) is 8.01. The lowest BCUT2D eigenvalue weighted by atomic mass is 9.97. The van der Waals surface area contributed by atoms with Crippen molar-refractivity contribution >= 4 is 5.91 Å². The third-order valence-electron chi connectivity index (χ3n) is 4.64. The molecule has 22 heavy (non-hydrogen) atoms. The number of carbonyl (C=O) groups excluding carboxylic acids is 1.